The topological polar surface area (TPSA) is 88.1 Å². The number of amides is 2. The van der Waals surface area contributed by atoms with Crippen LogP contribution >= 0.6 is 11.3 Å². The van der Waals surface area contributed by atoms with Crippen molar-refractivity contribution in [3.8, 4) is 10.6 Å². The van der Waals surface area contributed by atoms with Crippen molar-refractivity contribution in [1.29, 1.82) is 0 Å². The fourth-order valence-corrected chi connectivity index (χ4v) is 3.42. The highest BCUT2D eigenvalue weighted by atomic mass is 32.1. The summed E-state index contributed by atoms with van der Waals surface area (Å²) in [5, 5.41) is 3.28. The quantitative estimate of drug-likeness (QED) is 0.851. The van der Waals surface area contributed by atoms with Gasteiger partial charge in [-0.3, -0.25) is 5.32 Å². The van der Waals surface area contributed by atoms with E-state index in [4.69, 9.17) is 0 Å². The van der Waals surface area contributed by atoms with Crippen molar-refractivity contribution in [3.05, 3.63) is 23.8 Å². The zero-order valence-electron chi connectivity index (χ0n) is 14.7. The molecule has 3 rings (SSSR count). The average molecular weight is 359 g/mol. The largest absolute Gasteiger partial charge is 0.324 e. The highest BCUT2D eigenvalue weighted by Crippen LogP contribution is 2.33. The molecule has 0 aromatic carbocycles. The van der Waals surface area contributed by atoms with E-state index in [0.717, 1.165) is 34.8 Å². The number of nitrogens with one attached hydrogen (secondary N) is 1. The van der Waals surface area contributed by atoms with Gasteiger partial charge in [-0.05, 0) is 19.4 Å². The zero-order chi connectivity index (χ0) is 18.2. The summed E-state index contributed by atoms with van der Waals surface area (Å²) in [6, 6.07) is 1.23. The van der Waals surface area contributed by atoms with Gasteiger partial charge in [-0.15, -0.1) is 0 Å². The van der Waals surface area contributed by atoms with Gasteiger partial charge in [0.05, 0.1) is 22.3 Å². The van der Waals surface area contributed by atoms with Crippen LogP contribution in [0.1, 0.15) is 38.7 Å². The second kappa shape index (κ2) is 6.51. The van der Waals surface area contributed by atoms with E-state index in [0.29, 0.717) is 11.7 Å². The van der Waals surface area contributed by atoms with Crippen molar-refractivity contribution in [3.63, 3.8) is 0 Å². The molecule has 0 spiro atoms. The molecule has 1 aliphatic rings. The highest BCUT2D eigenvalue weighted by molar-refractivity contribution is 7.19. The number of aromatic nitrogens is 3. The predicted molar refractivity (Wildman–Crippen MR) is 96.8 cm³/mol. The van der Waals surface area contributed by atoms with Gasteiger partial charge in [0.15, 0.2) is 5.13 Å². The number of nitrogens with zero attached hydrogens (tertiary/aromatic N) is 4. The molecule has 1 aliphatic heterocycles. The molecule has 1 N–H and O–H groups in total. The second-order valence-corrected chi connectivity index (χ2v) is 8.06. The molecule has 2 aromatic rings. The molecule has 1 fully saturated rings. The fourth-order valence-electron chi connectivity index (χ4n) is 2.50. The SMILES string of the molecule is Cc1nc(NC(=O)N2CC[C@H]2C=O)sc1-c1ccnc(C(C)(C)C)n1. The van der Waals surface area contributed by atoms with Gasteiger partial charge in [-0.25, -0.2) is 19.7 Å². The Hall–Kier alpha value is -2.35. The molecular formula is C17H21N5O2S. The van der Waals surface area contributed by atoms with Crippen molar-refractivity contribution < 1.29 is 9.59 Å². The van der Waals surface area contributed by atoms with Crippen LogP contribution in [-0.4, -0.2) is 44.8 Å². The molecule has 132 valence electrons. The summed E-state index contributed by atoms with van der Waals surface area (Å²) >= 11 is 1.37. The van der Waals surface area contributed by atoms with Crippen LogP contribution in [0, 0.1) is 6.92 Å². The van der Waals surface area contributed by atoms with E-state index in [1.54, 1.807) is 6.20 Å². The van der Waals surface area contributed by atoms with Gasteiger partial charge in [0.2, 0.25) is 0 Å². The summed E-state index contributed by atoms with van der Waals surface area (Å²) in [4.78, 5) is 38.9. The molecule has 7 nitrogen and oxygen atoms in total. The van der Waals surface area contributed by atoms with Gasteiger partial charge in [-0.1, -0.05) is 32.1 Å². The first kappa shape index (κ1) is 17.5. The summed E-state index contributed by atoms with van der Waals surface area (Å²) in [5.41, 5.74) is 1.45. The predicted octanol–water partition coefficient (Wildman–Crippen LogP) is 3.01. The summed E-state index contributed by atoms with van der Waals surface area (Å²) in [6.07, 6.45) is 3.27. The van der Waals surface area contributed by atoms with Crippen LogP contribution in [0.2, 0.25) is 0 Å². The molecule has 2 amide bonds. The Bertz CT molecular complexity index is 812. The molecule has 2 aromatic heterocycles. The number of likely N-dealkylation sites (tertiary alicyclic amines) is 1. The number of hydrogen-bond donors (Lipinski definition) is 1. The summed E-state index contributed by atoms with van der Waals surface area (Å²) in [7, 11) is 0. The number of aldehydes is 1. The third-order valence-electron chi connectivity index (χ3n) is 4.05. The van der Waals surface area contributed by atoms with Crippen LogP contribution in [0.15, 0.2) is 12.3 Å². The van der Waals surface area contributed by atoms with Crippen LogP contribution in [0.3, 0.4) is 0 Å². The van der Waals surface area contributed by atoms with Crippen LogP contribution in [-0.2, 0) is 10.2 Å². The maximum absolute atomic E-state index is 12.2. The van der Waals surface area contributed by atoms with E-state index in [-0.39, 0.29) is 17.5 Å². The molecule has 8 heteroatoms. The fraction of sp³-hybridized carbons (Fsp3) is 0.471. The minimum Gasteiger partial charge on any atom is -0.315 e. The molecule has 0 aliphatic carbocycles. The van der Waals surface area contributed by atoms with E-state index < -0.39 is 0 Å². The first-order valence-corrected chi connectivity index (χ1v) is 8.95. The Balaban J connectivity index is 1.81. The maximum atomic E-state index is 12.2. The lowest BCUT2D eigenvalue weighted by Gasteiger charge is -2.36. The molecule has 1 atom stereocenters. The highest BCUT2D eigenvalue weighted by Gasteiger charge is 2.32. The number of carbonyl (C=O) groups excluding carboxylic acids is 2. The number of aryl methyl sites for hydroxylation is 1. The van der Waals surface area contributed by atoms with E-state index in [1.807, 2.05) is 13.0 Å². The molecule has 3 heterocycles. The van der Waals surface area contributed by atoms with Crippen LogP contribution in [0.5, 0.6) is 0 Å². The third kappa shape index (κ3) is 3.53. The Morgan fingerprint density at radius 3 is 2.76 bits per heavy atom. The van der Waals surface area contributed by atoms with Gasteiger partial charge in [0.1, 0.15) is 12.1 Å². The van der Waals surface area contributed by atoms with Gasteiger partial charge in [0.25, 0.3) is 0 Å². The number of rotatable bonds is 3. The Morgan fingerprint density at radius 2 is 2.16 bits per heavy atom. The minimum absolute atomic E-state index is 0.146. The first-order valence-electron chi connectivity index (χ1n) is 8.14. The Kier molecular flexibility index (Phi) is 4.55. The normalized spacial score (nSPS) is 17.1. The molecule has 0 radical (unpaired) electrons. The average Bonchev–Trinajstić information content (AvgIpc) is 2.86. The second-order valence-electron chi connectivity index (χ2n) is 7.06. The lowest BCUT2D eigenvalue weighted by Crippen LogP contribution is -2.53. The monoisotopic (exact) mass is 359 g/mol. The standard InChI is InChI=1S/C17H21N5O2S/c1-10-13(12-5-7-18-14(20-12)17(2,3)4)25-15(19-10)21-16(24)22-8-6-11(22)9-23/h5,7,9,11H,6,8H2,1-4H3,(H,19,21,24)/t11-/m0/s1. The zero-order valence-corrected chi connectivity index (χ0v) is 15.6. The van der Waals surface area contributed by atoms with E-state index in [1.165, 1.54) is 16.2 Å². The number of anilines is 1. The van der Waals surface area contributed by atoms with E-state index in [2.05, 4.69) is 41.0 Å². The minimum atomic E-state index is -0.322. The third-order valence-corrected chi connectivity index (χ3v) is 5.15. The molecule has 0 bridgehead atoms. The van der Waals surface area contributed by atoms with E-state index >= 15 is 0 Å². The first-order chi connectivity index (χ1) is 11.8. The number of carbonyl (C=O) groups is 2. The van der Waals surface area contributed by atoms with Crippen LogP contribution < -0.4 is 5.32 Å². The van der Waals surface area contributed by atoms with Gasteiger partial charge >= 0.3 is 6.03 Å². The van der Waals surface area contributed by atoms with Gasteiger partial charge < -0.3 is 9.69 Å². The number of hydrogen-bond acceptors (Lipinski definition) is 6. The summed E-state index contributed by atoms with van der Waals surface area (Å²) in [6.45, 7) is 8.67. The van der Waals surface area contributed by atoms with Crippen molar-refractivity contribution in [2.45, 2.75) is 45.6 Å². The molecule has 0 unspecified atom stereocenters. The molecule has 25 heavy (non-hydrogen) atoms. The van der Waals surface area contributed by atoms with Gasteiger partial charge in [-0.2, -0.15) is 0 Å². The lowest BCUT2D eigenvalue weighted by atomic mass is 9.95. The molecule has 0 saturated carbocycles. The maximum Gasteiger partial charge on any atom is 0.324 e. The van der Waals surface area contributed by atoms with Crippen molar-refractivity contribution in [2.75, 3.05) is 11.9 Å². The summed E-state index contributed by atoms with van der Waals surface area (Å²) in [5.74, 6) is 0.762. The van der Waals surface area contributed by atoms with Gasteiger partial charge in [0, 0.05) is 18.2 Å². The molecular weight excluding hydrogens is 338 g/mol. The smallest absolute Gasteiger partial charge is 0.315 e. The number of thiazole rings is 1. The molecule has 1 saturated heterocycles. The Morgan fingerprint density at radius 1 is 1.40 bits per heavy atom. The lowest BCUT2D eigenvalue weighted by molar-refractivity contribution is -0.114. The Labute approximate surface area is 150 Å². The van der Waals surface area contributed by atoms with Crippen molar-refractivity contribution in [1.82, 2.24) is 19.9 Å². The summed E-state index contributed by atoms with van der Waals surface area (Å²) < 4.78 is 0. The van der Waals surface area contributed by atoms with E-state index in [9.17, 15) is 9.59 Å². The van der Waals surface area contributed by atoms with Crippen molar-refractivity contribution >= 4 is 28.8 Å². The van der Waals surface area contributed by atoms with Crippen LogP contribution in [0.4, 0.5) is 9.93 Å². The number of urea groups is 1. The van der Waals surface area contributed by atoms with Crippen molar-refractivity contribution in [2.24, 2.45) is 0 Å². The van der Waals surface area contributed by atoms with Crippen LogP contribution in [0.25, 0.3) is 10.6 Å².